The zero-order valence-corrected chi connectivity index (χ0v) is 21.1. The molecule has 1 amide bonds. The zero-order chi connectivity index (χ0) is 26.6. The Bertz CT molecular complexity index is 1540. The third-order valence-electron chi connectivity index (χ3n) is 6.13. The van der Waals surface area contributed by atoms with Crippen molar-refractivity contribution in [2.75, 3.05) is 10.6 Å². The van der Waals surface area contributed by atoms with E-state index in [0.717, 1.165) is 33.5 Å². The van der Waals surface area contributed by atoms with Crippen LogP contribution in [0.4, 0.5) is 15.3 Å². The summed E-state index contributed by atoms with van der Waals surface area (Å²) in [6, 6.07) is 20.4. The third kappa shape index (κ3) is 6.02. The monoisotopic (exact) mass is 519 g/mol. The number of halogens is 1. The first-order valence-electron chi connectivity index (χ1n) is 11.5. The Labute approximate surface area is 215 Å². The molecule has 1 heterocycles. The van der Waals surface area contributed by atoms with E-state index in [1.54, 1.807) is 24.3 Å². The molecule has 4 aromatic rings. The molecule has 0 aliphatic rings. The molecule has 0 atom stereocenters. The Balaban J connectivity index is 1.54. The van der Waals surface area contributed by atoms with Crippen molar-refractivity contribution in [2.45, 2.75) is 31.9 Å². The van der Waals surface area contributed by atoms with Crippen LogP contribution in [0.15, 0.2) is 83.9 Å². The second-order valence-electron chi connectivity index (χ2n) is 8.56. The standard InChI is InChI=1S/C28H26FN3O4S/c1-18-23(5-3-7-25(18)30-15-20-9-12-22(13-10-20)37(29,35)36)24-6-4-8-26(19(24)2)32-28(34)27-14-11-21(17-33)16-31-27/h3-14,16,30,33H,15,17H2,1-2H3,(H,32,34). The van der Waals surface area contributed by atoms with Crippen LogP contribution < -0.4 is 10.6 Å². The van der Waals surface area contributed by atoms with Crippen LogP contribution in [0.25, 0.3) is 11.1 Å². The summed E-state index contributed by atoms with van der Waals surface area (Å²) in [6.07, 6.45) is 1.47. The molecule has 0 radical (unpaired) electrons. The number of amides is 1. The molecule has 0 spiro atoms. The molecular formula is C28H26FN3O4S. The highest BCUT2D eigenvalue weighted by Crippen LogP contribution is 2.34. The van der Waals surface area contributed by atoms with E-state index in [0.29, 0.717) is 17.8 Å². The molecule has 0 saturated heterocycles. The molecule has 0 unspecified atom stereocenters. The van der Waals surface area contributed by atoms with Gasteiger partial charge in [-0.2, -0.15) is 8.42 Å². The van der Waals surface area contributed by atoms with Gasteiger partial charge in [0.05, 0.1) is 11.5 Å². The predicted molar refractivity (Wildman–Crippen MR) is 142 cm³/mol. The van der Waals surface area contributed by atoms with Crippen molar-refractivity contribution in [3.05, 3.63) is 107 Å². The lowest BCUT2D eigenvalue weighted by atomic mass is 9.94. The van der Waals surface area contributed by atoms with Crippen LogP contribution in [-0.2, 0) is 23.4 Å². The highest BCUT2D eigenvalue weighted by Gasteiger charge is 2.15. The number of aromatic nitrogens is 1. The van der Waals surface area contributed by atoms with Crippen LogP contribution in [0.3, 0.4) is 0 Å². The van der Waals surface area contributed by atoms with Crippen molar-refractivity contribution in [1.29, 1.82) is 0 Å². The number of carbonyl (C=O) groups is 1. The summed E-state index contributed by atoms with van der Waals surface area (Å²) in [5.74, 6) is -0.344. The average molecular weight is 520 g/mol. The molecule has 1 aromatic heterocycles. The maximum absolute atomic E-state index is 13.1. The molecule has 3 N–H and O–H groups in total. The Morgan fingerprint density at radius 1 is 0.865 bits per heavy atom. The van der Waals surface area contributed by atoms with E-state index in [1.165, 1.54) is 18.3 Å². The summed E-state index contributed by atoms with van der Waals surface area (Å²) in [4.78, 5) is 16.5. The minimum atomic E-state index is -4.72. The number of benzene rings is 3. The van der Waals surface area contributed by atoms with Crippen LogP contribution in [-0.4, -0.2) is 24.4 Å². The van der Waals surface area contributed by atoms with Gasteiger partial charge in [0.15, 0.2) is 0 Å². The van der Waals surface area contributed by atoms with Gasteiger partial charge in [-0.3, -0.25) is 9.78 Å². The second-order valence-corrected chi connectivity index (χ2v) is 9.90. The van der Waals surface area contributed by atoms with E-state index >= 15 is 0 Å². The van der Waals surface area contributed by atoms with E-state index in [2.05, 4.69) is 15.6 Å². The number of pyridine rings is 1. The smallest absolute Gasteiger partial charge is 0.332 e. The van der Waals surface area contributed by atoms with Crippen molar-refractivity contribution in [3.63, 3.8) is 0 Å². The van der Waals surface area contributed by atoms with Gasteiger partial charge in [0.2, 0.25) is 0 Å². The quantitative estimate of drug-likeness (QED) is 0.270. The zero-order valence-electron chi connectivity index (χ0n) is 20.3. The molecule has 4 rings (SSSR count). The number of anilines is 2. The maximum atomic E-state index is 13.1. The Hall–Kier alpha value is -4.08. The Kier molecular flexibility index (Phi) is 7.66. The SMILES string of the molecule is Cc1c(NCc2ccc(S(=O)(=O)F)cc2)cccc1-c1cccc(NC(=O)c2ccc(CO)cn2)c1C. The number of hydrogen-bond donors (Lipinski definition) is 3. The summed E-state index contributed by atoms with van der Waals surface area (Å²) in [5.41, 5.74) is 7.08. The molecule has 3 aromatic carbocycles. The van der Waals surface area contributed by atoms with Gasteiger partial charge < -0.3 is 15.7 Å². The van der Waals surface area contributed by atoms with Gasteiger partial charge in [0.1, 0.15) is 5.69 Å². The number of aliphatic hydroxyl groups excluding tert-OH is 1. The fourth-order valence-corrected chi connectivity index (χ4v) is 4.45. The predicted octanol–water partition coefficient (Wildman–Crippen LogP) is 5.38. The van der Waals surface area contributed by atoms with Gasteiger partial charge in [-0.1, -0.05) is 42.5 Å². The van der Waals surface area contributed by atoms with Crippen molar-refractivity contribution >= 4 is 27.5 Å². The average Bonchev–Trinajstić information content (AvgIpc) is 2.89. The minimum absolute atomic E-state index is 0.140. The highest BCUT2D eigenvalue weighted by molar-refractivity contribution is 7.86. The van der Waals surface area contributed by atoms with E-state index in [1.807, 2.05) is 50.2 Å². The molecule has 37 heavy (non-hydrogen) atoms. The maximum Gasteiger partial charge on any atom is 0.332 e. The van der Waals surface area contributed by atoms with Crippen LogP contribution in [0.1, 0.15) is 32.7 Å². The second kappa shape index (κ2) is 10.9. The van der Waals surface area contributed by atoms with Gasteiger partial charge in [-0.05, 0) is 77.6 Å². The first-order valence-corrected chi connectivity index (χ1v) is 12.9. The molecule has 0 aliphatic carbocycles. The minimum Gasteiger partial charge on any atom is -0.392 e. The van der Waals surface area contributed by atoms with Crippen molar-refractivity contribution in [3.8, 4) is 11.1 Å². The first kappa shape index (κ1) is 26.0. The molecule has 7 nitrogen and oxygen atoms in total. The summed E-state index contributed by atoms with van der Waals surface area (Å²) >= 11 is 0. The summed E-state index contributed by atoms with van der Waals surface area (Å²) in [6.45, 7) is 4.22. The number of hydrogen-bond acceptors (Lipinski definition) is 6. The normalized spacial score (nSPS) is 11.2. The van der Waals surface area contributed by atoms with Gasteiger partial charge >= 0.3 is 10.2 Å². The molecule has 9 heteroatoms. The van der Waals surface area contributed by atoms with Crippen LogP contribution in [0.2, 0.25) is 0 Å². The van der Waals surface area contributed by atoms with Crippen molar-refractivity contribution < 1.29 is 22.2 Å². The highest BCUT2D eigenvalue weighted by atomic mass is 32.3. The van der Waals surface area contributed by atoms with Gasteiger partial charge in [-0.25, -0.2) is 0 Å². The molecule has 190 valence electrons. The number of rotatable bonds is 8. The number of aliphatic hydroxyl groups is 1. The van der Waals surface area contributed by atoms with Gasteiger partial charge in [-0.15, -0.1) is 3.89 Å². The number of nitrogens with one attached hydrogen (secondary N) is 2. The summed E-state index contributed by atoms with van der Waals surface area (Å²) in [7, 11) is -4.72. The fourth-order valence-electron chi connectivity index (χ4n) is 3.99. The topological polar surface area (TPSA) is 108 Å². The van der Waals surface area contributed by atoms with E-state index in [-0.39, 0.29) is 23.1 Å². The molecule has 0 fully saturated rings. The van der Waals surface area contributed by atoms with Crippen LogP contribution >= 0.6 is 0 Å². The molecular weight excluding hydrogens is 493 g/mol. The number of carbonyl (C=O) groups excluding carboxylic acids is 1. The Morgan fingerprint density at radius 3 is 2.03 bits per heavy atom. The van der Waals surface area contributed by atoms with E-state index in [4.69, 9.17) is 0 Å². The molecule has 0 aliphatic heterocycles. The molecule has 0 saturated carbocycles. The Morgan fingerprint density at radius 2 is 1.46 bits per heavy atom. The van der Waals surface area contributed by atoms with Crippen molar-refractivity contribution in [1.82, 2.24) is 4.98 Å². The first-order chi connectivity index (χ1) is 17.7. The van der Waals surface area contributed by atoms with Crippen molar-refractivity contribution in [2.24, 2.45) is 0 Å². The van der Waals surface area contributed by atoms with Crippen LogP contribution in [0, 0.1) is 13.8 Å². The fraction of sp³-hybridized carbons (Fsp3) is 0.143. The van der Waals surface area contributed by atoms with E-state index in [9.17, 15) is 22.2 Å². The van der Waals surface area contributed by atoms with Gasteiger partial charge in [0, 0.05) is 24.1 Å². The van der Waals surface area contributed by atoms with Gasteiger partial charge in [0.25, 0.3) is 5.91 Å². The number of nitrogens with zero attached hydrogens (tertiary/aromatic N) is 1. The lowest BCUT2D eigenvalue weighted by Gasteiger charge is -2.17. The summed E-state index contributed by atoms with van der Waals surface area (Å²) in [5, 5.41) is 15.4. The van der Waals surface area contributed by atoms with Crippen LogP contribution in [0.5, 0.6) is 0 Å². The largest absolute Gasteiger partial charge is 0.392 e. The van der Waals surface area contributed by atoms with E-state index < -0.39 is 10.2 Å². The molecule has 0 bridgehead atoms. The lowest BCUT2D eigenvalue weighted by molar-refractivity contribution is 0.102. The third-order valence-corrected chi connectivity index (χ3v) is 6.97. The lowest BCUT2D eigenvalue weighted by Crippen LogP contribution is -2.14. The summed E-state index contributed by atoms with van der Waals surface area (Å²) < 4.78 is 35.2.